The van der Waals surface area contributed by atoms with Gasteiger partial charge in [0, 0.05) is 31.1 Å². The van der Waals surface area contributed by atoms with Crippen LogP contribution in [0, 0.1) is 0 Å². The first-order chi connectivity index (χ1) is 11.1. The highest BCUT2D eigenvalue weighted by Crippen LogP contribution is 2.23. The number of amides is 2. The smallest absolute Gasteiger partial charge is 0.270 e. The summed E-state index contributed by atoms with van der Waals surface area (Å²) in [7, 11) is 0. The zero-order chi connectivity index (χ0) is 16.4. The van der Waals surface area contributed by atoms with E-state index in [4.69, 9.17) is 0 Å². The van der Waals surface area contributed by atoms with Crippen LogP contribution in [-0.4, -0.2) is 52.9 Å². The molecule has 0 unspecified atom stereocenters. The molecule has 0 spiro atoms. The van der Waals surface area contributed by atoms with Gasteiger partial charge < -0.3 is 15.5 Å². The minimum absolute atomic E-state index is 0.0845. The van der Waals surface area contributed by atoms with Gasteiger partial charge in [0.2, 0.25) is 5.91 Å². The van der Waals surface area contributed by atoms with E-state index in [9.17, 15) is 9.59 Å². The first-order valence-corrected chi connectivity index (χ1v) is 8.27. The van der Waals surface area contributed by atoms with Gasteiger partial charge in [-0.2, -0.15) is 0 Å². The molecule has 2 aliphatic rings. The van der Waals surface area contributed by atoms with Crippen LogP contribution in [0.4, 0.5) is 5.82 Å². The molecule has 0 radical (unpaired) electrons. The van der Waals surface area contributed by atoms with Gasteiger partial charge in [-0.25, -0.2) is 9.97 Å². The van der Waals surface area contributed by atoms with Gasteiger partial charge in [0.05, 0.1) is 6.54 Å². The fourth-order valence-corrected chi connectivity index (χ4v) is 2.95. The highest BCUT2D eigenvalue weighted by molar-refractivity contribution is 5.96. The molecular formula is C16H23N5O2. The summed E-state index contributed by atoms with van der Waals surface area (Å²) >= 11 is 0. The number of nitrogens with one attached hydrogen (secondary N) is 2. The molecule has 1 aromatic rings. The summed E-state index contributed by atoms with van der Waals surface area (Å²) in [6.07, 6.45) is 2.83. The topological polar surface area (TPSA) is 87.2 Å². The fraction of sp³-hybridized carbons (Fsp3) is 0.625. The predicted molar refractivity (Wildman–Crippen MR) is 86.5 cm³/mol. The number of carbonyl (C=O) groups excluding carboxylic acids is 2. The van der Waals surface area contributed by atoms with E-state index in [1.807, 2.05) is 18.7 Å². The van der Waals surface area contributed by atoms with Crippen molar-refractivity contribution < 1.29 is 9.59 Å². The maximum absolute atomic E-state index is 12.2. The Labute approximate surface area is 135 Å². The third-order valence-electron chi connectivity index (χ3n) is 4.28. The quantitative estimate of drug-likeness (QED) is 0.862. The van der Waals surface area contributed by atoms with E-state index in [0.29, 0.717) is 30.3 Å². The maximum Gasteiger partial charge on any atom is 0.270 e. The summed E-state index contributed by atoms with van der Waals surface area (Å²) in [6, 6.07) is 0. The van der Waals surface area contributed by atoms with Gasteiger partial charge in [0.1, 0.15) is 17.3 Å². The minimum Gasteiger partial charge on any atom is -0.361 e. The Kier molecular flexibility index (Phi) is 4.45. The summed E-state index contributed by atoms with van der Waals surface area (Å²) in [5.41, 5.74) is 1.25. The summed E-state index contributed by atoms with van der Waals surface area (Å²) in [4.78, 5) is 35.1. The van der Waals surface area contributed by atoms with Crippen molar-refractivity contribution in [3.63, 3.8) is 0 Å². The largest absolute Gasteiger partial charge is 0.361 e. The molecule has 3 heterocycles. The van der Waals surface area contributed by atoms with Crippen molar-refractivity contribution in [2.75, 3.05) is 31.5 Å². The Hall–Kier alpha value is -2.18. The van der Waals surface area contributed by atoms with E-state index in [2.05, 4.69) is 20.6 Å². The lowest BCUT2D eigenvalue weighted by Crippen LogP contribution is -2.36. The van der Waals surface area contributed by atoms with Crippen molar-refractivity contribution in [1.29, 1.82) is 0 Å². The van der Waals surface area contributed by atoms with Crippen molar-refractivity contribution in [1.82, 2.24) is 20.2 Å². The molecule has 2 N–H and O–H groups in total. The number of aromatic nitrogens is 2. The molecule has 7 heteroatoms. The summed E-state index contributed by atoms with van der Waals surface area (Å²) in [6.45, 7) is 6.43. The van der Waals surface area contributed by atoms with Crippen LogP contribution in [-0.2, 0) is 11.2 Å². The first-order valence-electron chi connectivity index (χ1n) is 8.27. The highest BCUT2D eigenvalue weighted by Gasteiger charge is 2.25. The van der Waals surface area contributed by atoms with Crippen molar-refractivity contribution in [2.24, 2.45) is 0 Å². The Morgan fingerprint density at radius 2 is 2.04 bits per heavy atom. The second-order valence-corrected chi connectivity index (χ2v) is 6.36. The van der Waals surface area contributed by atoms with Gasteiger partial charge in [-0.15, -0.1) is 0 Å². The van der Waals surface area contributed by atoms with Crippen LogP contribution in [0.25, 0.3) is 0 Å². The summed E-state index contributed by atoms with van der Waals surface area (Å²) in [5, 5.41) is 5.95. The van der Waals surface area contributed by atoms with Gasteiger partial charge in [-0.1, -0.05) is 13.8 Å². The molecule has 0 saturated carbocycles. The third kappa shape index (κ3) is 3.28. The number of nitrogens with zero attached hydrogens (tertiary/aromatic N) is 3. The molecule has 7 nitrogen and oxygen atoms in total. The maximum atomic E-state index is 12.2. The number of rotatable bonds is 4. The zero-order valence-corrected chi connectivity index (χ0v) is 13.7. The predicted octanol–water partition coefficient (Wildman–Crippen LogP) is 0.920. The number of likely N-dealkylation sites (tertiary alicyclic amines) is 1. The molecule has 1 fully saturated rings. The number of fused-ring (bicyclic) bond motifs is 1. The summed E-state index contributed by atoms with van der Waals surface area (Å²) in [5.74, 6) is 1.29. The lowest BCUT2D eigenvalue weighted by molar-refractivity contribution is -0.128. The molecule has 23 heavy (non-hydrogen) atoms. The molecular weight excluding hydrogens is 294 g/mol. The SMILES string of the molecule is CC(C)c1nc(NCC(=O)N2CCCC2)c2c(n1)C(=O)NCC2. The van der Waals surface area contributed by atoms with Crippen LogP contribution in [0.1, 0.15) is 54.5 Å². The number of hydrogen-bond acceptors (Lipinski definition) is 5. The van der Waals surface area contributed by atoms with Crippen molar-refractivity contribution in [2.45, 2.75) is 39.0 Å². The Bertz CT molecular complexity index is 623. The first kappa shape index (κ1) is 15.7. The second kappa shape index (κ2) is 6.52. The lowest BCUT2D eigenvalue weighted by Gasteiger charge is -2.21. The van der Waals surface area contributed by atoms with E-state index in [1.54, 1.807) is 0 Å². The average molecular weight is 317 g/mol. The van der Waals surface area contributed by atoms with E-state index in [0.717, 1.165) is 31.5 Å². The van der Waals surface area contributed by atoms with Crippen molar-refractivity contribution >= 4 is 17.6 Å². The van der Waals surface area contributed by atoms with Crippen molar-refractivity contribution in [3.05, 3.63) is 17.1 Å². The van der Waals surface area contributed by atoms with Gasteiger partial charge in [0.15, 0.2) is 0 Å². The van der Waals surface area contributed by atoms with Crippen LogP contribution >= 0.6 is 0 Å². The van der Waals surface area contributed by atoms with Crippen LogP contribution in [0.2, 0.25) is 0 Å². The van der Waals surface area contributed by atoms with Crippen LogP contribution in [0.15, 0.2) is 0 Å². The van der Waals surface area contributed by atoms with Gasteiger partial charge in [-0.05, 0) is 19.3 Å². The molecule has 1 saturated heterocycles. The Balaban J connectivity index is 1.82. The van der Waals surface area contributed by atoms with Crippen LogP contribution < -0.4 is 10.6 Å². The Morgan fingerprint density at radius 1 is 1.30 bits per heavy atom. The number of carbonyl (C=O) groups is 2. The molecule has 1 aromatic heterocycles. The molecule has 124 valence electrons. The van der Waals surface area contributed by atoms with Gasteiger partial charge >= 0.3 is 0 Å². The minimum atomic E-state index is -0.163. The van der Waals surface area contributed by atoms with E-state index >= 15 is 0 Å². The third-order valence-corrected chi connectivity index (χ3v) is 4.28. The molecule has 0 bridgehead atoms. The van der Waals surface area contributed by atoms with Gasteiger partial charge in [0.25, 0.3) is 5.91 Å². The molecule has 2 aliphatic heterocycles. The van der Waals surface area contributed by atoms with E-state index < -0.39 is 0 Å². The summed E-state index contributed by atoms with van der Waals surface area (Å²) < 4.78 is 0. The normalized spacial score (nSPS) is 17.2. The molecule has 0 atom stereocenters. The standard InChI is InChI=1S/C16H23N5O2/c1-10(2)14-19-13-11(5-6-17-16(13)23)15(20-14)18-9-12(22)21-7-3-4-8-21/h10H,3-9H2,1-2H3,(H,17,23)(H,18,19,20). The molecule has 0 aliphatic carbocycles. The number of anilines is 1. The fourth-order valence-electron chi connectivity index (χ4n) is 2.95. The van der Waals surface area contributed by atoms with Gasteiger partial charge in [-0.3, -0.25) is 9.59 Å². The molecule has 2 amide bonds. The van der Waals surface area contributed by atoms with Crippen LogP contribution in [0.5, 0.6) is 0 Å². The Morgan fingerprint density at radius 3 is 2.74 bits per heavy atom. The highest BCUT2D eigenvalue weighted by atomic mass is 16.2. The molecule has 3 rings (SSSR count). The zero-order valence-electron chi connectivity index (χ0n) is 13.7. The second-order valence-electron chi connectivity index (χ2n) is 6.36. The monoisotopic (exact) mass is 317 g/mol. The van der Waals surface area contributed by atoms with Crippen LogP contribution in [0.3, 0.4) is 0 Å². The van der Waals surface area contributed by atoms with E-state index in [-0.39, 0.29) is 24.3 Å². The van der Waals surface area contributed by atoms with Crippen molar-refractivity contribution in [3.8, 4) is 0 Å². The van der Waals surface area contributed by atoms with E-state index in [1.165, 1.54) is 0 Å². The lowest BCUT2D eigenvalue weighted by atomic mass is 10.1. The molecule has 0 aromatic carbocycles. The number of hydrogen-bond donors (Lipinski definition) is 2. The average Bonchev–Trinajstić information content (AvgIpc) is 3.07.